The Morgan fingerprint density at radius 3 is 2.62 bits per heavy atom. The van der Waals surface area contributed by atoms with Crippen LogP contribution in [-0.2, 0) is 10.0 Å². The smallest absolute Gasteiger partial charge is 0.236 e. The maximum atomic E-state index is 11.8. The Kier molecular flexibility index (Phi) is 4.35. The Hall–Kier alpha value is -0.590. The molecule has 1 aromatic rings. The summed E-state index contributed by atoms with van der Waals surface area (Å²) in [6.07, 6.45) is 0. The topological polar surface area (TPSA) is 72.2 Å². The number of anilines is 1. The maximum absolute atomic E-state index is 11.8. The molecule has 0 aliphatic rings. The monoisotopic (exact) mass is 306 g/mol. The summed E-state index contributed by atoms with van der Waals surface area (Å²) < 4.78 is 26.7. The fourth-order valence-electron chi connectivity index (χ4n) is 1.08. The van der Waals surface area contributed by atoms with Crippen LogP contribution in [0.2, 0.25) is 0 Å². The van der Waals surface area contributed by atoms with Crippen LogP contribution in [-0.4, -0.2) is 20.2 Å². The van der Waals surface area contributed by atoms with Crippen molar-refractivity contribution >= 4 is 31.6 Å². The van der Waals surface area contributed by atoms with E-state index in [0.717, 1.165) is 10.0 Å². The van der Waals surface area contributed by atoms with Crippen LogP contribution in [0.15, 0.2) is 22.7 Å². The number of hydrogen-bond acceptors (Lipinski definition) is 3. The van der Waals surface area contributed by atoms with Gasteiger partial charge in [0.2, 0.25) is 10.0 Å². The van der Waals surface area contributed by atoms with Crippen LogP contribution in [0.1, 0.15) is 12.5 Å². The maximum Gasteiger partial charge on any atom is 0.236 e. The summed E-state index contributed by atoms with van der Waals surface area (Å²) in [5.41, 5.74) is 6.93. The third kappa shape index (κ3) is 3.20. The van der Waals surface area contributed by atoms with Crippen LogP contribution in [0, 0.1) is 6.92 Å². The van der Waals surface area contributed by atoms with Crippen molar-refractivity contribution in [1.29, 1.82) is 0 Å². The van der Waals surface area contributed by atoms with E-state index in [2.05, 4.69) is 20.7 Å². The van der Waals surface area contributed by atoms with Gasteiger partial charge in [0.1, 0.15) is 0 Å². The lowest BCUT2D eigenvalue weighted by molar-refractivity contribution is 0.589. The standard InChI is InChI=1S/C10H15BrN2O2S/c1-7-3-4-10(9(11)5-7)13-16(14,15)8(2)6-12/h3-5,8,13H,6,12H2,1-2H3. The van der Waals surface area contributed by atoms with Crippen molar-refractivity contribution < 1.29 is 8.42 Å². The van der Waals surface area contributed by atoms with Gasteiger partial charge < -0.3 is 5.73 Å². The third-order valence-electron chi connectivity index (χ3n) is 2.24. The molecule has 1 rings (SSSR count). The molecule has 0 amide bonds. The lowest BCUT2D eigenvalue weighted by Gasteiger charge is -2.14. The summed E-state index contributed by atoms with van der Waals surface area (Å²) in [6, 6.07) is 5.42. The first-order chi connectivity index (χ1) is 7.36. The van der Waals surface area contributed by atoms with E-state index in [1.54, 1.807) is 13.0 Å². The molecule has 0 radical (unpaired) electrons. The SMILES string of the molecule is Cc1ccc(NS(=O)(=O)C(C)CN)c(Br)c1. The van der Waals surface area contributed by atoms with E-state index in [-0.39, 0.29) is 6.54 Å². The van der Waals surface area contributed by atoms with Gasteiger partial charge in [0.15, 0.2) is 0 Å². The molecule has 1 atom stereocenters. The molecule has 0 fully saturated rings. The second-order valence-electron chi connectivity index (χ2n) is 3.68. The molecule has 0 saturated heterocycles. The van der Waals surface area contributed by atoms with Gasteiger partial charge in [-0.25, -0.2) is 8.42 Å². The first-order valence-corrected chi connectivity index (χ1v) is 7.18. The Labute approximate surface area is 104 Å². The van der Waals surface area contributed by atoms with Crippen LogP contribution in [0.3, 0.4) is 0 Å². The van der Waals surface area contributed by atoms with E-state index in [4.69, 9.17) is 5.73 Å². The van der Waals surface area contributed by atoms with Gasteiger partial charge >= 0.3 is 0 Å². The van der Waals surface area contributed by atoms with Crippen LogP contribution in [0.5, 0.6) is 0 Å². The summed E-state index contributed by atoms with van der Waals surface area (Å²) in [5, 5.41) is -0.610. The number of hydrogen-bond donors (Lipinski definition) is 2. The van der Waals surface area contributed by atoms with Crippen molar-refractivity contribution in [2.24, 2.45) is 5.73 Å². The Balaban J connectivity index is 2.97. The average Bonchev–Trinajstić information content (AvgIpc) is 2.21. The highest BCUT2D eigenvalue weighted by molar-refractivity contribution is 9.10. The summed E-state index contributed by atoms with van der Waals surface area (Å²) >= 11 is 3.31. The molecule has 0 aliphatic carbocycles. The molecule has 1 unspecified atom stereocenters. The zero-order chi connectivity index (χ0) is 12.3. The van der Waals surface area contributed by atoms with E-state index in [1.807, 2.05) is 19.1 Å². The van der Waals surface area contributed by atoms with Gasteiger partial charge in [-0.15, -0.1) is 0 Å². The van der Waals surface area contributed by atoms with E-state index in [9.17, 15) is 8.42 Å². The summed E-state index contributed by atoms with van der Waals surface area (Å²) in [6.45, 7) is 3.61. The molecule has 0 aliphatic heterocycles. The van der Waals surface area contributed by atoms with Crippen LogP contribution < -0.4 is 10.5 Å². The second kappa shape index (κ2) is 5.16. The predicted octanol–water partition coefficient (Wildman–Crippen LogP) is 1.85. The molecule has 0 heterocycles. The van der Waals surface area contributed by atoms with Crippen LogP contribution in [0.25, 0.3) is 0 Å². The van der Waals surface area contributed by atoms with Gasteiger partial charge in [-0.05, 0) is 47.5 Å². The molecule has 3 N–H and O–H groups in total. The fraction of sp³-hybridized carbons (Fsp3) is 0.400. The molecule has 0 bridgehead atoms. The van der Waals surface area contributed by atoms with Gasteiger partial charge in [0, 0.05) is 11.0 Å². The first-order valence-electron chi connectivity index (χ1n) is 4.84. The minimum absolute atomic E-state index is 0.0960. The van der Waals surface area contributed by atoms with E-state index in [0.29, 0.717) is 5.69 Å². The first kappa shape index (κ1) is 13.5. The second-order valence-corrected chi connectivity index (χ2v) is 6.63. The molecular weight excluding hydrogens is 292 g/mol. The molecule has 90 valence electrons. The molecule has 4 nitrogen and oxygen atoms in total. The fourth-order valence-corrected chi connectivity index (χ4v) is 2.75. The Bertz CT molecular complexity index is 474. The predicted molar refractivity (Wildman–Crippen MR) is 69.9 cm³/mol. The van der Waals surface area contributed by atoms with Crippen molar-refractivity contribution in [2.45, 2.75) is 19.1 Å². The summed E-state index contributed by atoms with van der Waals surface area (Å²) in [7, 11) is -3.40. The van der Waals surface area contributed by atoms with Gasteiger partial charge in [-0.3, -0.25) is 4.72 Å². The molecule has 0 spiro atoms. The molecule has 16 heavy (non-hydrogen) atoms. The highest BCUT2D eigenvalue weighted by Crippen LogP contribution is 2.24. The van der Waals surface area contributed by atoms with Gasteiger partial charge in [0.05, 0.1) is 10.9 Å². The molecule has 6 heteroatoms. The van der Waals surface area contributed by atoms with Crippen molar-refractivity contribution in [3.05, 3.63) is 28.2 Å². The Morgan fingerprint density at radius 2 is 2.12 bits per heavy atom. The molecular formula is C10H15BrN2O2S. The number of halogens is 1. The number of rotatable bonds is 4. The van der Waals surface area contributed by atoms with E-state index < -0.39 is 15.3 Å². The number of nitrogens with one attached hydrogen (secondary N) is 1. The number of aryl methyl sites for hydroxylation is 1. The van der Waals surface area contributed by atoms with Crippen molar-refractivity contribution in [2.75, 3.05) is 11.3 Å². The summed E-state index contributed by atoms with van der Waals surface area (Å²) in [5.74, 6) is 0. The third-order valence-corrected chi connectivity index (χ3v) is 4.65. The van der Waals surface area contributed by atoms with E-state index in [1.165, 1.54) is 0 Å². The molecule has 0 saturated carbocycles. The average molecular weight is 307 g/mol. The number of nitrogens with two attached hydrogens (primary N) is 1. The minimum Gasteiger partial charge on any atom is -0.329 e. The zero-order valence-electron chi connectivity index (χ0n) is 9.20. The quantitative estimate of drug-likeness (QED) is 0.891. The number of benzene rings is 1. The number of sulfonamides is 1. The minimum atomic E-state index is -3.40. The molecule has 0 aromatic heterocycles. The lowest BCUT2D eigenvalue weighted by Crippen LogP contribution is -2.31. The van der Waals surface area contributed by atoms with Crippen molar-refractivity contribution in [1.82, 2.24) is 0 Å². The van der Waals surface area contributed by atoms with Gasteiger partial charge in [-0.2, -0.15) is 0 Å². The van der Waals surface area contributed by atoms with E-state index >= 15 is 0 Å². The van der Waals surface area contributed by atoms with Gasteiger partial charge in [-0.1, -0.05) is 6.07 Å². The van der Waals surface area contributed by atoms with Gasteiger partial charge in [0.25, 0.3) is 0 Å². The summed E-state index contributed by atoms with van der Waals surface area (Å²) in [4.78, 5) is 0. The van der Waals surface area contributed by atoms with Crippen molar-refractivity contribution in [3.8, 4) is 0 Å². The van der Waals surface area contributed by atoms with Crippen LogP contribution in [0.4, 0.5) is 5.69 Å². The lowest BCUT2D eigenvalue weighted by atomic mass is 10.2. The van der Waals surface area contributed by atoms with Crippen molar-refractivity contribution in [3.63, 3.8) is 0 Å². The molecule has 1 aromatic carbocycles. The highest BCUT2D eigenvalue weighted by Gasteiger charge is 2.19. The normalized spacial score (nSPS) is 13.5. The largest absolute Gasteiger partial charge is 0.329 e. The van der Waals surface area contributed by atoms with Crippen LogP contribution >= 0.6 is 15.9 Å². The highest BCUT2D eigenvalue weighted by atomic mass is 79.9. The zero-order valence-corrected chi connectivity index (χ0v) is 11.6. The Morgan fingerprint density at radius 1 is 1.50 bits per heavy atom.